The van der Waals surface area contributed by atoms with Crippen LogP contribution in [0.4, 0.5) is 4.39 Å². The van der Waals surface area contributed by atoms with Gasteiger partial charge in [0.25, 0.3) is 0 Å². The number of carbonyl (C=O) groups excluding carboxylic acids is 1. The summed E-state index contributed by atoms with van der Waals surface area (Å²) < 4.78 is 14.5. The predicted octanol–water partition coefficient (Wildman–Crippen LogP) is 2.83. The number of rotatable bonds is 5. The lowest BCUT2D eigenvalue weighted by atomic mass is 10.1. The summed E-state index contributed by atoms with van der Waals surface area (Å²) in [4.78, 5) is 16.0. The molecule has 5 nitrogen and oxygen atoms in total. The molecule has 0 aliphatic carbocycles. The number of nitrogens with zero attached hydrogens (tertiary/aromatic N) is 3. The van der Waals surface area contributed by atoms with E-state index in [2.05, 4.69) is 15.4 Å². The minimum absolute atomic E-state index is 0.102. The Kier molecular flexibility index (Phi) is 4.65. The zero-order valence-corrected chi connectivity index (χ0v) is 13.2. The maximum atomic E-state index is 12.9. The molecule has 2 aromatic carbocycles. The molecule has 1 atom stereocenters. The quantitative estimate of drug-likeness (QED) is 0.785. The summed E-state index contributed by atoms with van der Waals surface area (Å²) in [6.07, 6.45) is 3.33. The average molecular weight is 324 g/mol. The fraction of sp³-hybridized carbons (Fsp3) is 0.167. The normalized spacial score (nSPS) is 11.9. The van der Waals surface area contributed by atoms with Crippen LogP contribution in [-0.4, -0.2) is 20.7 Å². The molecule has 0 saturated carbocycles. The summed E-state index contributed by atoms with van der Waals surface area (Å²) in [6.45, 7) is 1.92. The molecular weight excluding hydrogens is 307 g/mol. The van der Waals surface area contributed by atoms with Crippen LogP contribution in [0.2, 0.25) is 0 Å². The molecule has 3 aromatic rings. The lowest BCUT2D eigenvalue weighted by molar-refractivity contribution is -0.121. The zero-order chi connectivity index (χ0) is 16.9. The summed E-state index contributed by atoms with van der Waals surface area (Å²) in [7, 11) is 0. The Morgan fingerprint density at radius 2 is 1.88 bits per heavy atom. The van der Waals surface area contributed by atoms with Crippen LogP contribution in [0.25, 0.3) is 5.69 Å². The monoisotopic (exact) mass is 324 g/mol. The topological polar surface area (TPSA) is 59.8 Å². The van der Waals surface area contributed by atoms with E-state index in [1.165, 1.54) is 18.5 Å². The molecule has 3 rings (SSSR count). The number of amides is 1. The largest absolute Gasteiger partial charge is 0.349 e. The summed E-state index contributed by atoms with van der Waals surface area (Å²) in [6, 6.07) is 13.6. The van der Waals surface area contributed by atoms with E-state index in [0.717, 1.165) is 16.8 Å². The van der Waals surface area contributed by atoms with E-state index >= 15 is 0 Å². The third-order valence-electron chi connectivity index (χ3n) is 3.73. The standard InChI is InChI=1S/C18H17FN4O/c1-13(22-18(24)10-14-2-6-16(19)7-3-14)15-4-8-17(9-5-15)23-12-20-11-21-23/h2-9,11-13H,10H2,1H3,(H,22,24)/t13-/m1/s1. The van der Waals surface area contributed by atoms with Crippen molar-refractivity contribution in [3.05, 3.63) is 78.1 Å². The van der Waals surface area contributed by atoms with E-state index in [9.17, 15) is 9.18 Å². The molecular formula is C18H17FN4O. The number of halogens is 1. The van der Waals surface area contributed by atoms with Gasteiger partial charge < -0.3 is 5.32 Å². The molecule has 122 valence electrons. The van der Waals surface area contributed by atoms with Crippen molar-refractivity contribution in [1.29, 1.82) is 0 Å². The maximum absolute atomic E-state index is 12.9. The van der Waals surface area contributed by atoms with Crippen molar-refractivity contribution in [2.45, 2.75) is 19.4 Å². The van der Waals surface area contributed by atoms with Gasteiger partial charge >= 0.3 is 0 Å². The molecule has 0 spiro atoms. The number of hydrogen-bond acceptors (Lipinski definition) is 3. The third-order valence-corrected chi connectivity index (χ3v) is 3.73. The second-order valence-electron chi connectivity index (χ2n) is 5.52. The minimum Gasteiger partial charge on any atom is -0.349 e. The number of hydrogen-bond donors (Lipinski definition) is 1. The number of carbonyl (C=O) groups is 1. The Labute approximate surface area is 139 Å². The smallest absolute Gasteiger partial charge is 0.224 e. The Bertz CT molecular complexity index is 798. The third kappa shape index (κ3) is 3.84. The van der Waals surface area contributed by atoms with Crippen LogP contribution >= 0.6 is 0 Å². The van der Waals surface area contributed by atoms with Crippen molar-refractivity contribution in [1.82, 2.24) is 20.1 Å². The van der Waals surface area contributed by atoms with E-state index in [0.29, 0.717) is 0 Å². The maximum Gasteiger partial charge on any atom is 0.224 e. The van der Waals surface area contributed by atoms with Crippen molar-refractivity contribution in [2.24, 2.45) is 0 Å². The molecule has 6 heteroatoms. The summed E-state index contributed by atoms with van der Waals surface area (Å²) in [5.41, 5.74) is 2.68. The number of nitrogens with one attached hydrogen (secondary N) is 1. The van der Waals surface area contributed by atoms with Gasteiger partial charge in [-0.3, -0.25) is 4.79 Å². The average Bonchev–Trinajstić information content (AvgIpc) is 3.11. The van der Waals surface area contributed by atoms with Crippen molar-refractivity contribution >= 4 is 5.91 Å². The van der Waals surface area contributed by atoms with Crippen LogP contribution in [0.1, 0.15) is 24.1 Å². The molecule has 1 amide bonds. The molecule has 0 saturated heterocycles. The molecule has 1 N–H and O–H groups in total. The van der Waals surface area contributed by atoms with Crippen LogP contribution < -0.4 is 5.32 Å². The van der Waals surface area contributed by atoms with E-state index in [-0.39, 0.29) is 24.2 Å². The molecule has 0 radical (unpaired) electrons. The first-order valence-corrected chi connectivity index (χ1v) is 7.60. The first-order valence-electron chi connectivity index (χ1n) is 7.60. The molecule has 0 aliphatic heterocycles. The van der Waals surface area contributed by atoms with Gasteiger partial charge in [0.15, 0.2) is 0 Å². The lowest BCUT2D eigenvalue weighted by Gasteiger charge is -2.15. The second kappa shape index (κ2) is 7.04. The fourth-order valence-electron chi connectivity index (χ4n) is 2.42. The predicted molar refractivity (Wildman–Crippen MR) is 88.0 cm³/mol. The fourth-order valence-corrected chi connectivity index (χ4v) is 2.42. The Balaban J connectivity index is 1.60. The second-order valence-corrected chi connectivity index (χ2v) is 5.52. The summed E-state index contributed by atoms with van der Waals surface area (Å²) in [5.74, 6) is -0.408. The first kappa shape index (κ1) is 15.9. The molecule has 0 aliphatic rings. The Hall–Kier alpha value is -3.02. The molecule has 0 unspecified atom stereocenters. The lowest BCUT2D eigenvalue weighted by Crippen LogP contribution is -2.28. The van der Waals surface area contributed by atoms with Gasteiger partial charge in [0.05, 0.1) is 18.2 Å². The molecule has 1 aromatic heterocycles. The van der Waals surface area contributed by atoms with Crippen LogP contribution in [0.15, 0.2) is 61.2 Å². The molecule has 24 heavy (non-hydrogen) atoms. The number of benzene rings is 2. The van der Waals surface area contributed by atoms with E-state index in [1.807, 2.05) is 31.2 Å². The highest BCUT2D eigenvalue weighted by Gasteiger charge is 2.10. The summed E-state index contributed by atoms with van der Waals surface area (Å²) in [5, 5.41) is 7.02. The zero-order valence-electron chi connectivity index (χ0n) is 13.2. The molecule has 1 heterocycles. The minimum atomic E-state index is -0.306. The van der Waals surface area contributed by atoms with Crippen LogP contribution in [0.5, 0.6) is 0 Å². The van der Waals surface area contributed by atoms with Gasteiger partial charge in [0.1, 0.15) is 18.5 Å². The van der Waals surface area contributed by atoms with Crippen molar-refractivity contribution < 1.29 is 9.18 Å². The highest BCUT2D eigenvalue weighted by Crippen LogP contribution is 2.15. The van der Waals surface area contributed by atoms with E-state index in [4.69, 9.17) is 0 Å². The van der Waals surface area contributed by atoms with Crippen molar-refractivity contribution in [3.8, 4) is 5.69 Å². The Morgan fingerprint density at radius 3 is 2.50 bits per heavy atom. The van der Waals surface area contributed by atoms with Crippen molar-refractivity contribution in [3.63, 3.8) is 0 Å². The van der Waals surface area contributed by atoms with E-state index < -0.39 is 0 Å². The van der Waals surface area contributed by atoms with Gasteiger partial charge in [-0.15, -0.1) is 0 Å². The molecule has 0 bridgehead atoms. The van der Waals surface area contributed by atoms with Gasteiger partial charge in [-0.05, 0) is 42.3 Å². The van der Waals surface area contributed by atoms with Crippen molar-refractivity contribution in [2.75, 3.05) is 0 Å². The highest BCUT2D eigenvalue weighted by atomic mass is 19.1. The van der Waals surface area contributed by atoms with Crippen LogP contribution in [0, 0.1) is 5.82 Å². The summed E-state index contributed by atoms with van der Waals surface area (Å²) >= 11 is 0. The first-order chi connectivity index (χ1) is 11.6. The van der Waals surface area contributed by atoms with Gasteiger partial charge in [0.2, 0.25) is 5.91 Å². The SMILES string of the molecule is C[C@@H](NC(=O)Cc1ccc(F)cc1)c1ccc(-n2cncn2)cc1. The van der Waals surface area contributed by atoms with Crippen LogP contribution in [0.3, 0.4) is 0 Å². The Morgan fingerprint density at radius 1 is 1.17 bits per heavy atom. The van der Waals surface area contributed by atoms with Crippen LogP contribution in [-0.2, 0) is 11.2 Å². The van der Waals surface area contributed by atoms with Gasteiger partial charge in [-0.1, -0.05) is 24.3 Å². The van der Waals surface area contributed by atoms with Gasteiger partial charge in [0, 0.05) is 0 Å². The number of aromatic nitrogens is 3. The van der Waals surface area contributed by atoms with Gasteiger partial charge in [-0.2, -0.15) is 5.10 Å². The molecule has 0 fully saturated rings. The van der Waals surface area contributed by atoms with Gasteiger partial charge in [-0.25, -0.2) is 14.1 Å². The van der Waals surface area contributed by atoms with E-state index in [1.54, 1.807) is 23.1 Å². The highest BCUT2D eigenvalue weighted by molar-refractivity contribution is 5.79.